The third kappa shape index (κ3) is 3.18. The number of nitrogens with zero attached hydrogens (tertiary/aromatic N) is 1. The van der Waals surface area contributed by atoms with Crippen LogP contribution in [-0.4, -0.2) is 18.6 Å². The predicted octanol–water partition coefficient (Wildman–Crippen LogP) is 4.05. The second-order valence-electron chi connectivity index (χ2n) is 5.56. The molecular formula is C16H16ClN3O3S. The van der Waals surface area contributed by atoms with Crippen molar-refractivity contribution < 1.29 is 12.8 Å². The van der Waals surface area contributed by atoms with E-state index >= 15 is 0 Å². The second kappa shape index (κ2) is 5.99. The van der Waals surface area contributed by atoms with E-state index in [0.717, 1.165) is 11.3 Å². The molecule has 0 saturated heterocycles. The molecule has 0 fully saturated rings. The Balaban J connectivity index is 1.96. The Morgan fingerprint density at radius 3 is 2.54 bits per heavy atom. The van der Waals surface area contributed by atoms with Crippen LogP contribution in [0.5, 0.6) is 0 Å². The minimum atomic E-state index is -3.83. The molecule has 3 aromatic rings. The van der Waals surface area contributed by atoms with Crippen LogP contribution >= 0.6 is 11.6 Å². The lowest BCUT2D eigenvalue weighted by Crippen LogP contribution is -2.13. The van der Waals surface area contributed by atoms with Crippen LogP contribution in [0.1, 0.15) is 17.0 Å². The number of aromatic amines is 1. The number of benzene rings is 1. The van der Waals surface area contributed by atoms with Gasteiger partial charge in [0.05, 0.1) is 10.7 Å². The van der Waals surface area contributed by atoms with E-state index in [0.29, 0.717) is 22.2 Å². The summed E-state index contributed by atoms with van der Waals surface area (Å²) in [5.41, 5.74) is 2.66. The minimum absolute atomic E-state index is 0.0507. The van der Waals surface area contributed by atoms with Crippen molar-refractivity contribution in [2.75, 3.05) is 4.72 Å². The van der Waals surface area contributed by atoms with E-state index in [9.17, 15) is 8.42 Å². The molecule has 2 heterocycles. The molecule has 0 radical (unpaired) electrons. The Bertz CT molecular complexity index is 1010. The van der Waals surface area contributed by atoms with Gasteiger partial charge in [0, 0.05) is 11.8 Å². The van der Waals surface area contributed by atoms with Crippen molar-refractivity contribution in [2.24, 2.45) is 0 Å². The molecule has 0 bridgehead atoms. The van der Waals surface area contributed by atoms with E-state index in [4.69, 9.17) is 16.0 Å². The highest BCUT2D eigenvalue weighted by Gasteiger charge is 2.23. The summed E-state index contributed by atoms with van der Waals surface area (Å²) < 4.78 is 33.3. The minimum Gasteiger partial charge on any atom is -0.458 e. The summed E-state index contributed by atoms with van der Waals surface area (Å²) in [6.45, 7) is 5.32. The summed E-state index contributed by atoms with van der Waals surface area (Å²) in [6, 6.07) is 8.33. The molecule has 2 aromatic heterocycles. The number of rotatable bonds is 4. The number of anilines is 1. The molecule has 0 atom stereocenters. The number of furan rings is 1. The summed E-state index contributed by atoms with van der Waals surface area (Å²) in [4.78, 5) is 0.0507. The zero-order chi connectivity index (χ0) is 17.5. The summed E-state index contributed by atoms with van der Waals surface area (Å²) in [7, 11) is -3.83. The Hall–Kier alpha value is -2.25. The van der Waals surface area contributed by atoms with Gasteiger partial charge in [-0.2, -0.15) is 5.10 Å². The molecule has 3 rings (SSSR count). The molecule has 0 aliphatic heterocycles. The van der Waals surface area contributed by atoms with Gasteiger partial charge in [-0.05, 0) is 44.5 Å². The van der Waals surface area contributed by atoms with E-state index < -0.39 is 10.0 Å². The fraction of sp³-hybridized carbons (Fsp3) is 0.188. The largest absolute Gasteiger partial charge is 0.458 e. The molecule has 1 aromatic carbocycles. The highest BCUT2D eigenvalue weighted by Crippen LogP contribution is 2.30. The van der Waals surface area contributed by atoms with Crippen LogP contribution in [0.15, 0.2) is 39.6 Å². The third-order valence-corrected chi connectivity index (χ3v) is 5.27. The molecule has 0 aliphatic rings. The van der Waals surface area contributed by atoms with E-state index in [1.165, 1.54) is 6.07 Å². The average molecular weight is 366 g/mol. The average Bonchev–Trinajstić information content (AvgIpc) is 3.08. The molecular weight excluding hydrogens is 350 g/mol. The molecule has 8 heteroatoms. The van der Waals surface area contributed by atoms with Crippen LogP contribution < -0.4 is 4.72 Å². The van der Waals surface area contributed by atoms with Crippen LogP contribution in [0.4, 0.5) is 5.69 Å². The van der Waals surface area contributed by atoms with E-state index in [1.807, 2.05) is 13.8 Å². The fourth-order valence-electron chi connectivity index (χ4n) is 2.31. The van der Waals surface area contributed by atoms with Gasteiger partial charge in [0.15, 0.2) is 5.76 Å². The first-order chi connectivity index (χ1) is 11.3. The maximum atomic E-state index is 12.7. The van der Waals surface area contributed by atoms with Crippen molar-refractivity contribution in [1.82, 2.24) is 10.2 Å². The lowest BCUT2D eigenvalue weighted by molar-refractivity contribution is 0.534. The molecule has 0 aliphatic carbocycles. The van der Waals surface area contributed by atoms with Gasteiger partial charge in [0.25, 0.3) is 10.0 Å². The van der Waals surface area contributed by atoms with Gasteiger partial charge in [0.2, 0.25) is 0 Å². The van der Waals surface area contributed by atoms with Crippen molar-refractivity contribution in [2.45, 2.75) is 25.7 Å². The number of H-pyrrole nitrogens is 1. The third-order valence-electron chi connectivity index (χ3n) is 3.49. The van der Waals surface area contributed by atoms with Crippen LogP contribution in [0.2, 0.25) is 5.02 Å². The molecule has 0 unspecified atom stereocenters. The summed E-state index contributed by atoms with van der Waals surface area (Å²) in [5, 5.41) is 7.21. The first-order valence-corrected chi connectivity index (χ1v) is 9.04. The van der Waals surface area contributed by atoms with E-state index in [1.54, 1.807) is 31.2 Å². The number of nitrogens with one attached hydrogen (secondary N) is 2. The summed E-state index contributed by atoms with van der Waals surface area (Å²) in [5.74, 6) is 0.661. The summed E-state index contributed by atoms with van der Waals surface area (Å²) in [6.07, 6.45) is 0. The second-order valence-corrected chi connectivity index (χ2v) is 7.61. The molecule has 24 heavy (non-hydrogen) atoms. The van der Waals surface area contributed by atoms with Crippen molar-refractivity contribution in [1.29, 1.82) is 0 Å². The molecule has 126 valence electrons. The Labute approximate surface area is 144 Å². The number of hydrogen-bond donors (Lipinski definition) is 2. The zero-order valence-corrected chi connectivity index (χ0v) is 14.9. The van der Waals surface area contributed by atoms with Gasteiger partial charge >= 0.3 is 0 Å². The van der Waals surface area contributed by atoms with Crippen LogP contribution in [-0.2, 0) is 10.0 Å². The molecule has 0 spiro atoms. The first-order valence-electron chi connectivity index (χ1n) is 7.18. The summed E-state index contributed by atoms with van der Waals surface area (Å²) >= 11 is 6.10. The Kier molecular flexibility index (Phi) is 4.15. The fourth-order valence-corrected chi connectivity index (χ4v) is 3.90. The van der Waals surface area contributed by atoms with E-state index in [-0.39, 0.29) is 10.7 Å². The first kappa shape index (κ1) is 16.6. The predicted molar refractivity (Wildman–Crippen MR) is 92.8 cm³/mol. The number of halogens is 1. The topological polar surface area (TPSA) is 88.0 Å². The van der Waals surface area contributed by atoms with Crippen molar-refractivity contribution in [3.05, 3.63) is 52.4 Å². The highest BCUT2D eigenvalue weighted by molar-refractivity contribution is 7.92. The Morgan fingerprint density at radius 1 is 1.17 bits per heavy atom. The molecule has 6 nitrogen and oxygen atoms in total. The normalized spacial score (nSPS) is 11.7. The van der Waals surface area contributed by atoms with Gasteiger partial charge in [-0.25, -0.2) is 8.42 Å². The zero-order valence-electron chi connectivity index (χ0n) is 13.3. The van der Waals surface area contributed by atoms with Gasteiger partial charge in [-0.15, -0.1) is 0 Å². The number of sulfonamides is 1. The maximum Gasteiger partial charge on any atom is 0.265 e. The molecule has 2 N–H and O–H groups in total. The van der Waals surface area contributed by atoms with Crippen molar-refractivity contribution in [3.8, 4) is 11.5 Å². The van der Waals surface area contributed by atoms with Gasteiger partial charge in [-0.1, -0.05) is 17.7 Å². The van der Waals surface area contributed by atoms with Crippen LogP contribution in [0.3, 0.4) is 0 Å². The van der Waals surface area contributed by atoms with Crippen LogP contribution in [0, 0.1) is 20.8 Å². The number of aryl methyl sites for hydroxylation is 3. The molecule has 0 amide bonds. The highest BCUT2D eigenvalue weighted by atomic mass is 35.5. The van der Waals surface area contributed by atoms with Gasteiger partial charge in [0.1, 0.15) is 16.3 Å². The SMILES string of the molecule is Cc1ccc(NS(=O)(=O)c2cc(-c3cc(C)[nH]n3)oc2C)c(Cl)c1. The maximum absolute atomic E-state index is 12.7. The smallest absolute Gasteiger partial charge is 0.265 e. The lowest BCUT2D eigenvalue weighted by atomic mass is 10.2. The van der Waals surface area contributed by atoms with Crippen LogP contribution in [0.25, 0.3) is 11.5 Å². The molecule has 0 saturated carbocycles. The van der Waals surface area contributed by atoms with Crippen molar-refractivity contribution >= 4 is 27.3 Å². The van der Waals surface area contributed by atoms with E-state index in [2.05, 4.69) is 14.9 Å². The lowest BCUT2D eigenvalue weighted by Gasteiger charge is -2.09. The van der Waals surface area contributed by atoms with Gasteiger partial charge < -0.3 is 4.42 Å². The standard InChI is InChI=1S/C16H16ClN3O3S/c1-9-4-5-13(12(17)6-9)20-24(21,22)16-8-15(23-11(16)3)14-7-10(2)18-19-14/h4-8,20H,1-3H3,(H,18,19). The quantitative estimate of drug-likeness (QED) is 0.730. The van der Waals surface area contributed by atoms with Crippen molar-refractivity contribution in [3.63, 3.8) is 0 Å². The van der Waals surface area contributed by atoms with Gasteiger partial charge in [-0.3, -0.25) is 9.82 Å². The number of aromatic nitrogens is 2. The monoisotopic (exact) mass is 365 g/mol. The Morgan fingerprint density at radius 2 is 1.92 bits per heavy atom. The number of hydrogen-bond acceptors (Lipinski definition) is 4.